The fourth-order valence-electron chi connectivity index (χ4n) is 9.86. The molecule has 9 heteroatoms. The van der Waals surface area contributed by atoms with Crippen LogP contribution in [0.2, 0.25) is 0 Å². The minimum absolute atomic E-state index is 0.0649. The van der Waals surface area contributed by atoms with E-state index in [0.29, 0.717) is 38.5 Å². The largest absolute Gasteiger partial charge is 0.463 e. The molecule has 2 N–H and O–H groups in total. The van der Waals surface area contributed by atoms with Gasteiger partial charge in [0.15, 0.2) is 6.29 Å². The number of aliphatic hydroxyl groups is 2. The Morgan fingerprint density at radius 2 is 1.85 bits per heavy atom. The maximum atomic E-state index is 13.0. The topological polar surface area (TPSA) is 132 Å². The van der Waals surface area contributed by atoms with Crippen molar-refractivity contribution in [3.63, 3.8) is 0 Å². The van der Waals surface area contributed by atoms with Gasteiger partial charge in [0.05, 0.1) is 35.1 Å². The zero-order valence-corrected chi connectivity index (χ0v) is 24.2. The van der Waals surface area contributed by atoms with E-state index in [9.17, 15) is 24.6 Å². The van der Waals surface area contributed by atoms with Crippen molar-refractivity contribution in [3.8, 4) is 0 Å². The summed E-state index contributed by atoms with van der Waals surface area (Å²) >= 11 is 0. The SMILES string of the molecule is CC(=O)OCC1CCCC(OC2CCC3(C=O)C4CCC5(C)C(c6ccc(=O)oc6)CCC5(O)C4CCC3(O)C2)O1. The molecule has 9 nitrogen and oxygen atoms in total. The van der Waals surface area contributed by atoms with Crippen molar-refractivity contribution in [3.05, 3.63) is 34.4 Å². The number of esters is 1. The van der Waals surface area contributed by atoms with Gasteiger partial charge in [0.25, 0.3) is 0 Å². The highest BCUT2D eigenvalue weighted by molar-refractivity contribution is 5.66. The van der Waals surface area contributed by atoms with E-state index in [1.165, 1.54) is 13.0 Å². The van der Waals surface area contributed by atoms with Crippen LogP contribution in [-0.2, 0) is 23.8 Å². The van der Waals surface area contributed by atoms with Gasteiger partial charge in [-0.05, 0) is 100 Å². The summed E-state index contributed by atoms with van der Waals surface area (Å²) in [6, 6.07) is 3.27. The van der Waals surface area contributed by atoms with Gasteiger partial charge in [-0.1, -0.05) is 6.92 Å². The maximum absolute atomic E-state index is 13.0. The normalized spacial score (nSPS) is 45.7. The molecule has 10 unspecified atom stereocenters. The average Bonchev–Trinajstić information content (AvgIpc) is 3.23. The number of carbonyl (C=O) groups excluding carboxylic acids is 2. The van der Waals surface area contributed by atoms with Gasteiger partial charge in [-0.25, -0.2) is 4.79 Å². The van der Waals surface area contributed by atoms with Crippen LogP contribution < -0.4 is 5.63 Å². The van der Waals surface area contributed by atoms with Crippen LogP contribution in [0.15, 0.2) is 27.6 Å². The van der Waals surface area contributed by atoms with Gasteiger partial charge < -0.3 is 33.6 Å². The van der Waals surface area contributed by atoms with Crippen LogP contribution in [0.5, 0.6) is 0 Å². The van der Waals surface area contributed by atoms with Crippen LogP contribution in [-0.4, -0.2) is 58.8 Å². The van der Waals surface area contributed by atoms with E-state index in [4.69, 9.17) is 18.6 Å². The molecular weight excluding hydrogens is 528 g/mol. The van der Waals surface area contributed by atoms with Crippen molar-refractivity contribution in [1.29, 1.82) is 0 Å². The fraction of sp³-hybridized carbons (Fsp3) is 0.781. The monoisotopic (exact) mass is 572 g/mol. The Labute approximate surface area is 240 Å². The number of rotatable bonds is 6. The molecule has 41 heavy (non-hydrogen) atoms. The number of aldehydes is 1. The Kier molecular flexibility index (Phi) is 7.49. The highest BCUT2D eigenvalue weighted by Gasteiger charge is 2.71. The van der Waals surface area contributed by atoms with Crippen molar-refractivity contribution in [2.24, 2.45) is 22.7 Å². The first-order valence-corrected chi connectivity index (χ1v) is 15.5. The second-order valence-electron chi connectivity index (χ2n) is 13.7. The Morgan fingerprint density at radius 1 is 1.05 bits per heavy atom. The Hall–Kier alpha value is -2.07. The minimum Gasteiger partial charge on any atom is -0.463 e. The van der Waals surface area contributed by atoms with Crippen molar-refractivity contribution in [2.75, 3.05) is 6.61 Å². The molecule has 0 spiro atoms. The maximum Gasteiger partial charge on any atom is 0.335 e. The lowest BCUT2D eigenvalue weighted by atomic mass is 9.41. The van der Waals surface area contributed by atoms with Gasteiger partial charge in [-0.3, -0.25) is 4.79 Å². The first-order chi connectivity index (χ1) is 19.5. The predicted molar refractivity (Wildman–Crippen MR) is 147 cm³/mol. The molecule has 6 rings (SSSR count). The third-order valence-electron chi connectivity index (χ3n) is 12.0. The third kappa shape index (κ3) is 4.62. The van der Waals surface area contributed by atoms with Crippen molar-refractivity contribution in [2.45, 2.75) is 127 Å². The molecule has 4 aliphatic carbocycles. The number of hydrogen-bond donors (Lipinski definition) is 2. The molecule has 4 saturated carbocycles. The predicted octanol–water partition coefficient (Wildman–Crippen LogP) is 4.02. The van der Waals surface area contributed by atoms with Crippen LogP contribution in [0.3, 0.4) is 0 Å². The third-order valence-corrected chi connectivity index (χ3v) is 12.0. The highest BCUT2D eigenvalue weighted by Crippen LogP contribution is 2.71. The van der Waals surface area contributed by atoms with E-state index < -0.39 is 28.3 Å². The number of fused-ring (bicyclic) bond motifs is 5. The quantitative estimate of drug-likeness (QED) is 0.295. The number of hydrogen-bond acceptors (Lipinski definition) is 9. The molecule has 10 atom stereocenters. The molecule has 2 heterocycles. The lowest BCUT2D eigenvalue weighted by Crippen LogP contribution is -2.68. The standard InChI is InChI=1S/C32H44O9/c1-20(34)38-18-23-4-3-5-28(41-23)40-22-8-13-30(19-33)25-9-12-29(2)24(21-6-7-27(35)39-17-21)11-15-32(29,37)26(25)10-14-31(30,36)16-22/h6-7,17,19,22-26,28,36-37H,3-5,8-16,18H2,1-2H3. The zero-order valence-electron chi connectivity index (χ0n) is 24.2. The summed E-state index contributed by atoms with van der Waals surface area (Å²) in [6.45, 7) is 3.75. The summed E-state index contributed by atoms with van der Waals surface area (Å²) in [5.74, 6) is -0.464. The first-order valence-electron chi connectivity index (χ1n) is 15.5. The number of carbonyl (C=O) groups is 2. The second kappa shape index (κ2) is 10.6. The fourth-order valence-corrected chi connectivity index (χ4v) is 9.86. The summed E-state index contributed by atoms with van der Waals surface area (Å²) in [5.41, 5.74) is -2.93. The van der Waals surface area contributed by atoms with Crippen molar-refractivity contribution in [1.82, 2.24) is 0 Å². The molecule has 5 aliphatic rings. The molecule has 1 aromatic rings. The number of ether oxygens (including phenoxy) is 3. The molecule has 0 radical (unpaired) electrons. The van der Waals surface area contributed by atoms with E-state index in [2.05, 4.69) is 6.92 Å². The molecule has 0 bridgehead atoms. The Morgan fingerprint density at radius 3 is 2.59 bits per heavy atom. The van der Waals surface area contributed by atoms with Crippen LogP contribution in [0, 0.1) is 22.7 Å². The van der Waals surface area contributed by atoms with Gasteiger partial charge in [0.2, 0.25) is 0 Å². The molecular formula is C32H44O9. The van der Waals surface area contributed by atoms with E-state index in [1.54, 1.807) is 6.26 Å². The first kappa shape index (κ1) is 29.0. The van der Waals surface area contributed by atoms with E-state index in [-0.39, 0.29) is 48.2 Å². The summed E-state index contributed by atoms with van der Waals surface area (Å²) in [6.07, 6.45) is 9.67. The summed E-state index contributed by atoms with van der Waals surface area (Å²) < 4.78 is 22.7. The molecule has 1 aromatic heterocycles. The lowest BCUT2D eigenvalue weighted by Gasteiger charge is -2.65. The molecule has 0 amide bonds. The minimum atomic E-state index is -1.20. The summed E-state index contributed by atoms with van der Waals surface area (Å²) in [5, 5.41) is 24.6. The van der Waals surface area contributed by atoms with Crippen LogP contribution >= 0.6 is 0 Å². The smallest absolute Gasteiger partial charge is 0.335 e. The molecule has 1 saturated heterocycles. The molecule has 5 fully saturated rings. The second-order valence-corrected chi connectivity index (χ2v) is 13.7. The Bertz CT molecular complexity index is 1190. The van der Waals surface area contributed by atoms with Crippen LogP contribution in [0.1, 0.15) is 102 Å². The van der Waals surface area contributed by atoms with Crippen LogP contribution in [0.25, 0.3) is 0 Å². The molecule has 226 valence electrons. The Balaban J connectivity index is 1.18. The van der Waals surface area contributed by atoms with Gasteiger partial charge in [0, 0.05) is 24.8 Å². The van der Waals surface area contributed by atoms with Crippen LogP contribution in [0.4, 0.5) is 0 Å². The average molecular weight is 573 g/mol. The van der Waals surface area contributed by atoms with Gasteiger partial charge in [-0.2, -0.15) is 0 Å². The van der Waals surface area contributed by atoms with Gasteiger partial charge >= 0.3 is 11.6 Å². The lowest BCUT2D eigenvalue weighted by molar-refractivity contribution is -0.271. The summed E-state index contributed by atoms with van der Waals surface area (Å²) in [7, 11) is 0. The van der Waals surface area contributed by atoms with E-state index in [1.807, 2.05) is 6.07 Å². The van der Waals surface area contributed by atoms with E-state index in [0.717, 1.165) is 50.4 Å². The van der Waals surface area contributed by atoms with Gasteiger partial charge in [-0.15, -0.1) is 0 Å². The highest BCUT2D eigenvalue weighted by atomic mass is 16.7. The van der Waals surface area contributed by atoms with Crippen molar-refractivity contribution < 1.29 is 38.4 Å². The van der Waals surface area contributed by atoms with Crippen molar-refractivity contribution >= 4 is 12.3 Å². The molecule has 0 aromatic carbocycles. The summed E-state index contributed by atoms with van der Waals surface area (Å²) in [4.78, 5) is 35.8. The van der Waals surface area contributed by atoms with Gasteiger partial charge in [0.1, 0.15) is 12.9 Å². The van der Waals surface area contributed by atoms with E-state index >= 15 is 0 Å². The zero-order chi connectivity index (χ0) is 29.0. The molecule has 1 aliphatic heterocycles.